The van der Waals surface area contributed by atoms with Gasteiger partial charge in [-0.05, 0) is 37.1 Å². The topological polar surface area (TPSA) is 66.6 Å². The molecule has 1 unspecified atom stereocenters. The predicted octanol–water partition coefficient (Wildman–Crippen LogP) is 1.40. The van der Waals surface area contributed by atoms with E-state index in [4.69, 9.17) is 5.73 Å². The number of primary amides is 1. The summed E-state index contributed by atoms with van der Waals surface area (Å²) in [6.45, 7) is 1.53. The highest BCUT2D eigenvalue weighted by atomic mass is 79.9. The molecule has 0 aliphatic carbocycles. The molecule has 3 N–H and O–H groups in total. The Labute approximate surface area is 119 Å². The number of aliphatic hydroxyl groups is 1. The van der Waals surface area contributed by atoms with Crippen LogP contribution >= 0.6 is 15.9 Å². The number of β-amino-alcohol motifs (C(OH)–C–C–N with tert-alkyl or cyclic N) is 1. The van der Waals surface area contributed by atoms with Gasteiger partial charge in [-0.2, -0.15) is 0 Å². The molecule has 1 heterocycles. The predicted molar refractivity (Wildman–Crippen MR) is 72.8 cm³/mol. The fraction of sp³-hybridized carbons (Fsp3) is 0.462. The molecule has 0 spiro atoms. The molecule has 1 aliphatic rings. The van der Waals surface area contributed by atoms with Gasteiger partial charge in [0.2, 0.25) is 0 Å². The Kier molecular flexibility index (Phi) is 4.23. The Bertz CT molecular complexity index is 498. The molecule has 4 nitrogen and oxygen atoms in total. The lowest BCUT2D eigenvalue weighted by atomic mass is 9.92. The molecule has 104 valence electrons. The quantitative estimate of drug-likeness (QED) is 0.880. The average molecular weight is 331 g/mol. The molecule has 0 aromatic heterocycles. The molecule has 1 aromatic carbocycles. The van der Waals surface area contributed by atoms with Gasteiger partial charge in [0.1, 0.15) is 5.82 Å². The van der Waals surface area contributed by atoms with E-state index in [1.807, 2.05) is 4.90 Å². The third kappa shape index (κ3) is 3.32. The van der Waals surface area contributed by atoms with Crippen LogP contribution in [0.2, 0.25) is 0 Å². The van der Waals surface area contributed by atoms with E-state index >= 15 is 0 Å². The summed E-state index contributed by atoms with van der Waals surface area (Å²) in [4.78, 5) is 13.2. The number of hydrogen-bond donors (Lipinski definition) is 2. The number of nitrogens with two attached hydrogens (primary N) is 1. The van der Waals surface area contributed by atoms with Gasteiger partial charge in [0.05, 0.1) is 0 Å². The average Bonchev–Trinajstić information content (AvgIpc) is 2.33. The number of rotatable bonds is 3. The number of hydrogen-bond acceptors (Lipinski definition) is 3. The summed E-state index contributed by atoms with van der Waals surface area (Å²) in [6, 6.07) is 4.49. The minimum absolute atomic E-state index is 0.214. The Morgan fingerprint density at radius 2 is 2.32 bits per heavy atom. The molecule has 1 fully saturated rings. The van der Waals surface area contributed by atoms with Crippen LogP contribution < -0.4 is 5.73 Å². The van der Waals surface area contributed by atoms with Crippen LogP contribution in [0.1, 0.15) is 18.4 Å². The molecule has 2 rings (SSSR count). The lowest BCUT2D eigenvalue weighted by Crippen LogP contribution is -2.55. The maximum Gasteiger partial charge on any atom is 0.250 e. The third-order valence-corrected chi connectivity index (χ3v) is 4.16. The van der Waals surface area contributed by atoms with Crippen molar-refractivity contribution in [3.8, 4) is 0 Å². The molecule has 1 aromatic rings. The van der Waals surface area contributed by atoms with Crippen molar-refractivity contribution in [2.24, 2.45) is 5.73 Å². The fourth-order valence-corrected chi connectivity index (χ4v) is 2.83. The van der Waals surface area contributed by atoms with Crippen molar-refractivity contribution in [3.63, 3.8) is 0 Å². The summed E-state index contributed by atoms with van der Waals surface area (Å²) in [5, 5.41) is 10.1. The van der Waals surface area contributed by atoms with Crippen LogP contribution in [-0.4, -0.2) is 34.6 Å². The first-order valence-corrected chi connectivity index (χ1v) is 6.88. The van der Waals surface area contributed by atoms with E-state index in [1.165, 1.54) is 12.1 Å². The van der Waals surface area contributed by atoms with Gasteiger partial charge in [-0.1, -0.05) is 22.0 Å². The summed E-state index contributed by atoms with van der Waals surface area (Å²) in [5.74, 6) is -0.988. The maximum absolute atomic E-state index is 13.0. The molecule has 1 saturated heterocycles. The summed E-state index contributed by atoms with van der Waals surface area (Å²) < 4.78 is 13.7. The van der Waals surface area contributed by atoms with Crippen molar-refractivity contribution in [1.82, 2.24) is 4.90 Å². The summed E-state index contributed by atoms with van der Waals surface area (Å²) in [7, 11) is 0. The minimum atomic E-state index is -1.45. The van der Waals surface area contributed by atoms with Gasteiger partial charge in [0.25, 0.3) is 5.91 Å². The normalized spacial score (nSPS) is 24.4. The number of carbonyl (C=O) groups is 1. The number of piperidine rings is 1. The second kappa shape index (κ2) is 5.56. The molecule has 1 atom stereocenters. The maximum atomic E-state index is 13.0. The van der Waals surface area contributed by atoms with Gasteiger partial charge in [-0.25, -0.2) is 4.39 Å². The number of likely N-dealkylation sites (tertiary alicyclic amines) is 1. The zero-order valence-corrected chi connectivity index (χ0v) is 12.0. The molecule has 0 bridgehead atoms. The number of halogens is 2. The highest BCUT2D eigenvalue weighted by Crippen LogP contribution is 2.25. The van der Waals surface area contributed by atoms with Crippen LogP contribution in [0.5, 0.6) is 0 Å². The second-order valence-electron chi connectivity index (χ2n) is 4.95. The van der Waals surface area contributed by atoms with Crippen molar-refractivity contribution in [1.29, 1.82) is 0 Å². The van der Waals surface area contributed by atoms with Gasteiger partial charge in [0, 0.05) is 17.6 Å². The fourth-order valence-electron chi connectivity index (χ4n) is 2.35. The second-order valence-corrected chi connectivity index (χ2v) is 5.80. The highest BCUT2D eigenvalue weighted by molar-refractivity contribution is 9.10. The van der Waals surface area contributed by atoms with E-state index < -0.39 is 11.5 Å². The Morgan fingerprint density at radius 3 is 2.95 bits per heavy atom. The standard InChI is InChI=1S/C13H16BrFN2O2/c14-11-6-10(15)3-2-9(11)7-17-5-1-4-13(19,8-17)12(16)18/h2-3,6,19H,1,4-5,7-8H2,(H2,16,18). The van der Waals surface area contributed by atoms with Crippen molar-refractivity contribution < 1.29 is 14.3 Å². The van der Waals surface area contributed by atoms with Crippen molar-refractivity contribution in [3.05, 3.63) is 34.1 Å². The third-order valence-electron chi connectivity index (χ3n) is 3.42. The Hall–Kier alpha value is -0.980. The molecule has 1 aliphatic heterocycles. The lowest BCUT2D eigenvalue weighted by Gasteiger charge is -2.37. The first kappa shape index (κ1) is 14.4. The first-order valence-electron chi connectivity index (χ1n) is 6.09. The SMILES string of the molecule is NC(=O)C1(O)CCCN(Cc2ccc(F)cc2Br)C1. The van der Waals surface area contributed by atoms with E-state index in [1.54, 1.807) is 6.07 Å². The van der Waals surface area contributed by atoms with E-state index in [9.17, 15) is 14.3 Å². The molecular weight excluding hydrogens is 315 g/mol. The van der Waals surface area contributed by atoms with Gasteiger partial charge in [-0.3, -0.25) is 9.69 Å². The summed E-state index contributed by atoms with van der Waals surface area (Å²) >= 11 is 3.31. The van der Waals surface area contributed by atoms with Crippen molar-refractivity contribution in [2.45, 2.75) is 25.0 Å². The summed E-state index contributed by atoms with van der Waals surface area (Å²) in [6.07, 6.45) is 1.10. The van der Waals surface area contributed by atoms with Gasteiger partial charge in [-0.15, -0.1) is 0 Å². The van der Waals surface area contributed by atoms with E-state index in [2.05, 4.69) is 15.9 Å². The van der Waals surface area contributed by atoms with Crippen LogP contribution in [0, 0.1) is 5.82 Å². The van der Waals surface area contributed by atoms with Gasteiger partial charge < -0.3 is 10.8 Å². The number of nitrogens with zero attached hydrogens (tertiary/aromatic N) is 1. The van der Waals surface area contributed by atoms with E-state index in [-0.39, 0.29) is 12.4 Å². The monoisotopic (exact) mass is 330 g/mol. The largest absolute Gasteiger partial charge is 0.379 e. The molecule has 19 heavy (non-hydrogen) atoms. The van der Waals surface area contributed by atoms with Crippen molar-refractivity contribution in [2.75, 3.05) is 13.1 Å². The zero-order valence-electron chi connectivity index (χ0n) is 10.4. The lowest BCUT2D eigenvalue weighted by molar-refractivity contribution is -0.142. The molecule has 0 radical (unpaired) electrons. The van der Waals surface area contributed by atoms with Crippen molar-refractivity contribution >= 4 is 21.8 Å². The van der Waals surface area contributed by atoms with E-state index in [0.717, 1.165) is 12.1 Å². The number of amides is 1. The number of carbonyl (C=O) groups excluding carboxylic acids is 1. The summed E-state index contributed by atoms with van der Waals surface area (Å²) in [5.41, 5.74) is 4.69. The van der Waals surface area contributed by atoms with Crippen LogP contribution in [0.3, 0.4) is 0 Å². The number of benzene rings is 1. The van der Waals surface area contributed by atoms with Crippen LogP contribution in [0.15, 0.2) is 22.7 Å². The van der Waals surface area contributed by atoms with Crippen LogP contribution in [0.25, 0.3) is 0 Å². The van der Waals surface area contributed by atoms with Gasteiger partial charge in [0.15, 0.2) is 5.60 Å². The van der Waals surface area contributed by atoms with Gasteiger partial charge >= 0.3 is 0 Å². The molecule has 1 amide bonds. The first-order chi connectivity index (χ1) is 8.90. The molecule has 0 saturated carbocycles. The highest BCUT2D eigenvalue weighted by Gasteiger charge is 2.38. The van der Waals surface area contributed by atoms with E-state index in [0.29, 0.717) is 23.9 Å². The molecule has 6 heteroatoms. The molecular formula is C13H16BrFN2O2. The smallest absolute Gasteiger partial charge is 0.250 e. The Balaban J connectivity index is 2.09. The van der Waals surface area contributed by atoms with Crippen LogP contribution in [0.4, 0.5) is 4.39 Å². The Morgan fingerprint density at radius 1 is 1.58 bits per heavy atom. The minimum Gasteiger partial charge on any atom is -0.379 e. The van der Waals surface area contributed by atoms with Crippen LogP contribution in [-0.2, 0) is 11.3 Å². The zero-order chi connectivity index (χ0) is 14.0.